The van der Waals surface area contributed by atoms with Gasteiger partial charge < -0.3 is 20.3 Å². The molecule has 0 aliphatic carbocycles. The van der Waals surface area contributed by atoms with Gasteiger partial charge in [-0.3, -0.25) is 4.79 Å². The molecular formula is C8H15NO5. The maximum Gasteiger partial charge on any atom is 0.329 e. The first-order valence-corrected chi connectivity index (χ1v) is 4.23. The molecule has 0 heterocycles. The Morgan fingerprint density at radius 2 is 2.07 bits per heavy atom. The zero-order valence-corrected chi connectivity index (χ0v) is 8.02. The third-order valence-electron chi connectivity index (χ3n) is 1.42. The van der Waals surface area contributed by atoms with E-state index in [9.17, 15) is 9.59 Å². The Morgan fingerprint density at radius 1 is 1.43 bits per heavy atom. The zero-order chi connectivity index (χ0) is 11.0. The summed E-state index contributed by atoms with van der Waals surface area (Å²) >= 11 is 0. The minimum absolute atomic E-state index is 0.00371. The van der Waals surface area contributed by atoms with Crippen molar-refractivity contribution in [2.45, 2.75) is 6.92 Å². The lowest BCUT2D eigenvalue weighted by Crippen LogP contribution is -2.32. The molecule has 0 saturated heterocycles. The van der Waals surface area contributed by atoms with E-state index in [0.29, 0.717) is 6.54 Å². The highest BCUT2D eigenvalue weighted by molar-refractivity contribution is 5.77. The quantitative estimate of drug-likeness (QED) is 0.487. The lowest BCUT2D eigenvalue weighted by Gasteiger charge is -2.09. The summed E-state index contributed by atoms with van der Waals surface area (Å²) < 4.78 is 4.55. The second kappa shape index (κ2) is 7.28. The molecule has 0 aromatic heterocycles. The molecule has 3 N–H and O–H groups in total. The standard InChI is InChI=1S/C8H15NO5/c1-6(3-10)2-9-7(11)4-14-5-8(12)13/h6,10H,2-5H2,1H3,(H,9,11)(H,12,13). The van der Waals surface area contributed by atoms with Crippen molar-refractivity contribution in [1.82, 2.24) is 5.32 Å². The Bertz CT molecular complexity index is 194. The number of aliphatic hydroxyl groups excluding tert-OH is 1. The largest absolute Gasteiger partial charge is 0.480 e. The van der Waals surface area contributed by atoms with Gasteiger partial charge in [0.15, 0.2) is 0 Å². The maximum absolute atomic E-state index is 10.9. The maximum atomic E-state index is 10.9. The highest BCUT2D eigenvalue weighted by Crippen LogP contribution is 1.88. The molecule has 0 radical (unpaired) electrons. The lowest BCUT2D eigenvalue weighted by molar-refractivity contribution is -0.143. The molecule has 0 aromatic carbocycles. The summed E-state index contributed by atoms with van der Waals surface area (Å²) in [5, 5.41) is 19.3. The minimum Gasteiger partial charge on any atom is -0.480 e. The monoisotopic (exact) mass is 205 g/mol. The topological polar surface area (TPSA) is 95.9 Å². The molecule has 0 rings (SSSR count). The van der Waals surface area contributed by atoms with Gasteiger partial charge in [-0.25, -0.2) is 4.79 Å². The second-order valence-electron chi connectivity index (χ2n) is 2.98. The van der Waals surface area contributed by atoms with Crippen LogP contribution in [-0.2, 0) is 14.3 Å². The van der Waals surface area contributed by atoms with Gasteiger partial charge in [-0.1, -0.05) is 6.92 Å². The van der Waals surface area contributed by atoms with Gasteiger partial charge >= 0.3 is 5.97 Å². The van der Waals surface area contributed by atoms with E-state index in [1.54, 1.807) is 6.92 Å². The van der Waals surface area contributed by atoms with E-state index in [1.807, 2.05) is 0 Å². The fourth-order valence-electron chi connectivity index (χ4n) is 0.635. The summed E-state index contributed by atoms with van der Waals surface area (Å²) in [7, 11) is 0. The van der Waals surface area contributed by atoms with Crippen LogP contribution in [0.25, 0.3) is 0 Å². The van der Waals surface area contributed by atoms with Crippen LogP contribution in [0.1, 0.15) is 6.92 Å². The number of hydrogen-bond donors (Lipinski definition) is 3. The van der Waals surface area contributed by atoms with Gasteiger partial charge in [-0.2, -0.15) is 0 Å². The number of amides is 1. The third-order valence-corrected chi connectivity index (χ3v) is 1.42. The lowest BCUT2D eigenvalue weighted by atomic mass is 10.2. The molecule has 1 atom stereocenters. The molecule has 0 aromatic rings. The summed E-state index contributed by atoms with van der Waals surface area (Å²) in [6.07, 6.45) is 0. The molecule has 0 aliphatic heterocycles. The predicted octanol–water partition coefficient (Wildman–Crippen LogP) is -1.17. The van der Waals surface area contributed by atoms with Crippen LogP contribution in [-0.4, -0.2) is 48.5 Å². The first-order valence-electron chi connectivity index (χ1n) is 4.23. The van der Waals surface area contributed by atoms with Crippen molar-refractivity contribution in [3.63, 3.8) is 0 Å². The minimum atomic E-state index is -1.11. The number of rotatable bonds is 7. The average Bonchev–Trinajstić information content (AvgIpc) is 2.13. The van der Waals surface area contributed by atoms with E-state index < -0.39 is 12.6 Å². The van der Waals surface area contributed by atoms with Crippen LogP contribution in [0.3, 0.4) is 0 Å². The van der Waals surface area contributed by atoms with Crippen LogP contribution in [0.5, 0.6) is 0 Å². The van der Waals surface area contributed by atoms with E-state index in [2.05, 4.69) is 10.1 Å². The fourth-order valence-corrected chi connectivity index (χ4v) is 0.635. The van der Waals surface area contributed by atoms with Crippen LogP contribution in [0.2, 0.25) is 0 Å². The molecule has 6 nitrogen and oxygen atoms in total. The summed E-state index contributed by atoms with van der Waals surface area (Å²) in [6, 6.07) is 0. The molecule has 1 amide bonds. The van der Waals surface area contributed by atoms with Gasteiger partial charge in [0.05, 0.1) is 0 Å². The molecular weight excluding hydrogens is 190 g/mol. The van der Waals surface area contributed by atoms with Crippen LogP contribution in [0.4, 0.5) is 0 Å². The predicted molar refractivity (Wildman–Crippen MR) is 47.7 cm³/mol. The van der Waals surface area contributed by atoms with Crippen molar-refractivity contribution >= 4 is 11.9 Å². The van der Waals surface area contributed by atoms with E-state index >= 15 is 0 Å². The Morgan fingerprint density at radius 3 is 2.57 bits per heavy atom. The zero-order valence-electron chi connectivity index (χ0n) is 8.02. The number of aliphatic carboxylic acids is 1. The van der Waals surface area contributed by atoms with Crippen molar-refractivity contribution < 1.29 is 24.5 Å². The van der Waals surface area contributed by atoms with Crippen molar-refractivity contribution in [2.75, 3.05) is 26.4 Å². The van der Waals surface area contributed by atoms with Gasteiger partial charge in [-0.05, 0) is 5.92 Å². The van der Waals surface area contributed by atoms with Crippen LogP contribution >= 0.6 is 0 Å². The van der Waals surface area contributed by atoms with Crippen molar-refractivity contribution in [2.24, 2.45) is 5.92 Å². The summed E-state index contributed by atoms with van der Waals surface area (Å²) in [5.41, 5.74) is 0. The summed E-state index contributed by atoms with van der Waals surface area (Å²) in [5.74, 6) is -1.51. The van der Waals surface area contributed by atoms with E-state index in [1.165, 1.54) is 0 Å². The number of carboxylic acids is 1. The molecule has 82 valence electrons. The van der Waals surface area contributed by atoms with Crippen molar-refractivity contribution in [1.29, 1.82) is 0 Å². The number of aliphatic hydroxyl groups is 1. The van der Waals surface area contributed by atoms with E-state index in [-0.39, 0.29) is 25.0 Å². The second-order valence-corrected chi connectivity index (χ2v) is 2.98. The van der Waals surface area contributed by atoms with E-state index in [4.69, 9.17) is 10.2 Å². The van der Waals surface area contributed by atoms with Gasteiger partial charge in [0, 0.05) is 13.2 Å². The molecule has 6 heteroatoms. The molecule has 0 saturated carbocycles. The Balaban J connectivity index is 3.41. The number of nitrogens with one attached hydrogen (secondary N) is 1. The van der Waals surface area contributed by atoms with Gasteiger partial charge in [0.25, 0.3) is 0 Å². The smallest absolute Gasteiger partial charge is 0.329 e. The van der Waals surface area contributed by atoms with Crippen molar-refractivity contribution in [3.8, 4) is 0 Å². The molecule has 0 aliphatic rings. The number of ether oxygens (including phenoxy) is 1. The highest BCUT2D eigenvalue weighted by atomic mass is 16.5. The van der Waals surface area contributed by atoms with Crippen LogP contribution in [0, 0.1) is 5.92 Å². The highest BCUT2D eigenvalue weighted by Gasteiger charge is 2.05. The SMILES string of the molecule is CC(CO)CNC(=O)COCC(=O)O. The number of carboxylic acid groups (broad SMARTS) is 1. The molecule has 0 fully saturated rings. The number of hydrogen-bond acceptors (Lipinski definition) is 4. The summed E-state index contributed by atoms with van der Waals surface area (Å²) in [4.78, 5) is 20.9. The molecule has 1 unspecified atom stereocenters. The summed E-state index contributed by atoms with van der Waals surface area (Å²) in [6.45, 7) is 1.37. The number of carbonyl (C=O) groups is 2. The van der Waals surface area contributed by atoms with Crippen LogP contribution < -0.4 is 5.32 Å². The Kier molecular flexibility index (Phi) is 6.69. The van der Waals surface area contributed by atoms with Crippen molar-refractivity contribution in [3.05, 3.63) is 0 Å². The van der Waals surface area contributed by atoms with Gasteiger partial charge in [0.1, 0.15) is 13.2 Å². The Hall–Kier alpha value is -1.14. The normalized spacial score (nSPS) is 12.1. The number of carbonyl (C=O) groups excluding carboxylic acids is 1. The molecule has 14 heavy (non-hydrogen) atoms. The Labute approximate surface area is 81.9 Å². The fraction of sp³-hybridized carbons (Fsp3) is 0.750. The molecule has 0 bridgehead atoms. The first-order chi connectivity index (χ1) is 6.56. The van der Waals surface area contributed by atoms with Gasteiger partial charge in [-0.15, -0.1) is 0 Å². The first kappa shape index (κ1) is 12.9. The van der Waals surface area contributed by atoms with Gasteiger partial charge in [0.2, 0.25) is 5.91 Å². The average molecular weight is 205 g/mol. The third kappa shape index (κ3) is 7.51. The molecule has 0 spiro atoms. The van der Waals surface area contributed by atoms with E-state index in [0.717, 1.165) is 0 Å². The van der Waals surface area contributed by atoms with Crippen LogP contribution in [0.15, 0.2) is 0 Å².